The summed E-state index contributed by atoms with van der Waals surface area (Å²) >= 11 is 3.16. The van der Waals surface area contributed by atoms with Crippen LogP contribution in [0.3, 0.4) is 0 Å². The molecule has 0 unspecified atom stereocenters. The van der Waals surface area contributed by atoms with Crippen LogP contribution in [0.25, 0.3) is 0 Å². The molecule has 0 atom stereocenters. The summed E-state index contributed by atoms with van der Waals surface area (Å²) in [6, 6.07) is 7.68. The van der Waals surface area contributed by atoms with Gasteiger partial charge in [-0.05, 0) is 29.8 Å². The largest absolute Gasteiger partial charge is 0.491 e. The maximum atomic E-state index is 13.8. The summed E-state index contributed by atoms with van der Waals surface area (Å²) in [6.45, 7) is -0.495. The zero-order valence-corrected chi connectivity index (χ0v) is 12.9. The van der Waals surface area contributed by atoms with Gasteiger partial charge in [0.25, 0.3) is 0 Å². The fourth-order valence-corrected chi connectivity index (χ4v) is 2.14. The summed E-state index contributed by atoms with van der Waals surface area (Å²) in [4.78, 5) is 4.07. The Morgan fingerprint density at radius 3 is 2.64 bits per heavy atom. The number of halogens is 5. The average molecular weight is 378 g/mol. The fourth-order valence-electron chi connectivity index (χ4n) is 1.81. The van der Waals surface area contributed by atoms with Crippen molar-refractivity contribution < 1.29 is 22.3 Å². The van der Waals surface area contributed by atoms with Crippen molar-refractivity contribution in [2.75, 3.05) is 6.61 Å². The van der Waals surface area contributed by atoms with E-state index in [4.69, 9.17) is 4.74 Å². The molecule has 0 aliphatic rings. The smallest absolute Gasteiger partial charge is 0.392 e. The number of hydrogen-bond donors (Lipinski definition) is 0. The van der Waals surface area contributed by atoms with Gasteiger partial charge in [-0.3, -0.25) is 4.98 Å². The monoisotopic (exact) mass is 377 g/mol. The summed E-state index contributed by atoms with van der Waals surface area (Å²) < 4.78 is 56.0. The molecule has 22 heavy (non-hydrogen) atoms. The van der Waals surface area contributed by atoms with Crippen LogP contribution in [-0.2, 0) is 6.42 Å². The van der Waals surface area contributed by atoms with Gasteiger partial charge in [-0.25, -0.2) is 4.39 Å². The molecule has 0 N–H and O–H groups in total. The van der Waals surface area contributed by atoms with Crippen LogP contribution in [0.15, 0.2) is 41.0 Å². The lowest BCUT2D eigenvalue weighted by Gasteiger charge is -2.12. The molecule has 0 aliphatic heterocycles. The molecule has 2 nitrogen and oxygen atoms in total. The normalized spacial score (nSPS) is 11.5. The van der Waals surface area contributed by atoms with Crippen LogP contribution in [-0.4, -0.2) is 17.8 Å². The van der Waals surface area contributed by atoms with E-state index in [2.05, 4.69) is 20.9 Å². The third-order valence-corrected chi connectivity index (χ3v) is 3.36. The highest BCUT2D eigenvalue weighted by Gasteiger charge is 2.27. The second-order valence-corrected chi connectivity index (χ2v) is 5.49. The van der Waals surface area contributed by atoms with Gasteiger partial charge in [-0.15, -0.1) is 0 Å². The molecule has 1 aromatic carbocycles. The minimum absolute atomic E-state index is 0.140. The molecular weight excluding hydrogens is 366 g/mol. The number of benzene rings is 1. The molecule has 0 fully saturated rings. The Hall–Kier alpha value is -1.63. The molecule has 0 bridgehead atoms. The number of alkyl halides is 3. The summed E-state index contributed by atoms with van der Waals surface area (Å²) in [5, 5.41) is 0. The minimum atomic E-state index is -4.28. The Morgan fingerprint density at radius 2 is 1.95 bits per heavy atom. The van der Waals surface area contributed by atoms with E-state index >= 15 is 0 Å². The van der Waals surface area contributed by atoms with Gasteiger partial charge in [0.05, 0.1) is 18.7 Å². The SMILES string of the molecule is Fc1cc(Br)ccc1Cc1ncccc1OCCC(F)(F)F. The van der Waals surface area contributed by atoms with Crippen LogP contribution in [0.1, 0.15) is 17.7 Å². The first-order valence-corrected chi connectivity index (χ1v) is 7.22. The van der Waals surface area contributed by atoms with Crippen LogP contribution in [0.5, 0.6) is 5.75 Å². The third kappa shape index (κ3) is 4.98. The fraction of sp³-hybridized carbons (Fsp3) is 0.267. The first kappa shape index (κ1) is 16.7. The molecule has 2 aromatic rings. The number of aromatic nitrogens is 1. The van der Waals surface area contributed by atoms with Crippen LogP contribution in [0, 0.1) is 5.82 Å². The Labute approximate surface area is 133 Å². The average Bonchev–Trinajstić information content (AvgIpc) is 2.42. The van der Waals surface area contributed by atoms with Crippen LogP contribution < -0.4 is 4.74 Å². The number of rotatable bonds is 5. The molecule has 0 saturated heterocycles. The summed E-state index contributed by atoms with van der Waals surface area (Å²) in [5.74, 6) is -0.185. The van der Waals surface area contributed by atoms with Gasteiger partial charge in [0.15, 0.2) is 0 Å². The van der Waals surface area contributed by atoms with E-state index in [1.54, 1.807) is 18.2 Å². The lowest BCUT2D eigenvalue weighted by Crippen LogP contribution is -2.13. The van der Waals surface area contributed by atoms with E-state index in [0.717, 1.165) is 0 Å². The highest BCUT2D eigenvalue weighted by Crippen LogP contribution is 2.24. The van der Waals surface area contributed by atoms with Crippen molar-refractivity contribution in [2.45, 2.75) is 19.0 Å². The van der Waals surface area contributed by atoms with E-state index in [1.165, 1.54) is 18.3 Å². The van der Waals surface area contributed by atoms with E-state index in [1.807, 2.05) is 0 Å². The molecule has 2 rings (SSSR count). The molecule has 0 radical (unpaired) electrons. The predicted molar refractivity (Wildman–Crippen MR) is 77.3 cm³/mol. The van der Waals surface area contributed by atoms with Gasteiger partial charge in [-0.1, -0.05) is 22.0 Å². The predicted octanol–water partition coefficient (Wildman–Crippen LogP) is 4.91. The molecule has 1 heterocycles. The Bertz CT molecular complexity index is 646. The van der Waals surface area contributed by atoms with E-state index < -0.39 is 25.0 Å². The summed E-state index contributed by atoms with van der Waals surface area (Å²) in [7, 11) is 0. The number of pyridine rings is 1. The zero-order chi connectivity index (χ0) is 16.2. The van der Waals surface area contributed by atoms with Crippen LogP contribution >= 0.6 is 15.9 Å². The van der Waals surface area contributed by atoms with Crippen molar-refractivity contribution in [2.24, 2.45) is 0 Å². The first-order chi connectivity index (χ1) is 10.3. The molecule has 1 aromatic heterocycles. The molecule has 0 spiro atoms. The van der Waals surface area contributed by atoms with Gasteiger partial charge < -0.3 is 4.74 Å². The minimum Gasteiger partial charge on any atom is -0.491 e. The van der Waals surface area contributed by atoms with E-state index in [-0.39, 0.29) is 12.2 Å². The summed E-state index contributed by atoms with van der Waals surface area (Å²) in [6.07, 6.45) is -3.70. The van der Waals surface area contributed by atoms with Gasteiger partial charge in [0.1, 0.15) is 11.6 Å². The zero-order valence-electron chi connectivity index (χ0n) is 11.3. The topological polar surface area (TPSA) is 22.1 Å². The van der Waals surface area contributed by atoms with Crippen LogP contribution in [0.2, 0.25) is 0 Å². The van der Waals surface area contributed by atoms with Gasteiger partial charge in [-0.2, -0.15) is 13.2 Å². The molecular formula is C15H12BrF4NO. The van der Waals surface area contributed by atoms with Crippen molar-refractivity contribution >= 4 is 15.9 Å². The Morgan fingerprint density at radius 1 is 1.18 bits per heavy atom. The highest BCUT2D eigenvalue weighted by molar-refractivity contribution is 9.10. The maximum absolute atomic E-state index is 13.8. The van der Waals surface area contributed by atoms with E-state index in [9.17, 15) is 17.6 Å². The number of ether oxygens (including phenoxy) is 1. The third-order valence-electron chi connectivity index (χ3n) is 2.86. The van der Waals surface area contributed by atoms with Gasteiger partial charge in [0.2, 0.25) is 0 Å². The molecule has 0 saturated carbocycles. The number of hydrogen-bond acceptors (Lipinski definition) is 2. The van der Waals surface area contributed by atoms with Gasteiger partial charge >= 0.3 is 6.18 Å². The maximum Gasteiger partial charge on any atom is 0.392 e. The number of nitrogens with zero attached hydrogens (tertiary/aromatic N) is 1. The second-order valence-electron chi connectivity index (χ2n) is 4.57. The van der Waals surface area contributed by atoms with Crippen LogP contribution in [0.4, 0.5) is 17.6 Å². The van der Waals surface area contributed by atoms with Crippen molar-refractivity contribution in [3.63, 3.8) is 0 Å². The highest BCUT2D eigenvalue weighted by atomic mass is 79.9. The van der Waals surface area contributed by atoms with Crippen molar-refractivity contribution in [1.82, 2.24) is 4.98 Å². The quantitative estimate of drug-likeness (QED) is 0.691. The lowest BCUT2D eigenvalue weighted by atomic mass is 10.1. The van der Waals surface area contributed by atoms with Crippen molar-refractivity contribution in [3.05, 3.63) is 58.1 Å². The Balaban J connectivity index is 2.11. The van der Waals surface area contributed by atoms with Crippen molar-refractivity contribution in [1.29, 1.82) is 0 Å². The molecule has 0 aliphatic carbocycles. The molecule has 7 heteroatoms. The summed E-state index contributed by atoms with van der Waals surface area (Å²) in [5.41, 5.74) is 0.786. The standard InChI is InChI=1S/C15H12BrF4NO/c16-11-4-3-10(12(17)9-11)8-13-14(2-1-6-21-13)22-7-5-15(18,19)20/h1-4,6,9H,5,7-8H2. The molecule has 0 amide bonds. The first-order valence-electron chi connectivity index (χ1n) is 6.42. The molecule has 118 valence electrons. The van der Waals surface area contributed by atoms with E-state index in [0.29, 0.717) is 15.7 Å². The Kier molecular flexibility index (Phi) is 5.39. The second kappa shape index (κ2) is 7.09. The lowest BCUT2D eigenvalue weighted by molar-refractivity contribution is -0.139. The van der Waals surface area contributed by atoms with Crippen molar-refractivity contribution in [3.8, 4) is 5.75 Å². The van der Waals surface area contributed by atoms with Gasteiger partial charge in [0, 0.05) is 17.1 Å².